The molecule has 0 saturated carbocycles. The third-order valence-electron chi connectivity index (χ3n) is 3.99. The van der Waals surface area contributed by atoms with Gasteiger partial charge in [-0.25, -0.2) is 8.42 Å². The Hall–Kier alpha value is -2.40. The number of anilines is 1. The number of nitrogens with zero attached hydrogens (tertiary/aromatic N) is 1. The third-order valence-corrected chi connectivity index (χ3v) is 5.38. The van der Waals surface area contributed by atoms with Crippen LogP contribution < -0.4 is 4.90 Å². The van der Waals surface area contributed by atoms with Crippen LogP contribution >= 0.6 is 0 Å². The number of fused-ring (bicyclic) bond motifs is 1. The van der Waals surface area contributed by atoms with Crippen molar-refractivity contribution in [2.24, 2.45) is 0 Å². The van der Waals surface area contributed by atoms with Crippen LogP contribution in [0, 0.1) is 0 Å². The first-order chi connectivity index (χ1) is 11.6. The van der Waals surface area contributed by atoms with Gasteiger partial charge >= 0.3 is 0 Å². The minimum absolute atomic E-state index is 0.136. The number of benzene rings is 2. The number of hydrogen-bond acceptors (Lipinski definition) is 3. The lowest BCUT2D eigenvalue weighted by atomic mass is 10.2. The number of sulfone groups is 1. The quantitative estimate of drug-likeness (QED) is 0.840. The van der Waals surface area contributed by atoms with E-state index in [1.54, 1.807) is 17.1 Å². The first-order valence-corrected chi connectivity index (χ1v) is 9.68. The Bertz CT molecular complexity index is 857. The highest BCUT2D eigenvalue weighted by molar-refractivity contribution is 7.92. The minimum Gasteiger partial charge on any atom is -0.311 e. The highest BCUT2D eigenvalue weighted by atomic mass is 32.2. The number of carbonyl (C=O) groups is 1. The van der Waals surface area contributed by atoms with Crippen molar-refractivity contribution in [1.29, 1.82) is 0 Å². The Morgan fingerprint density at radius 3 is 2.54 bits per heavy atom. The second kappa shape index (κ2) is 7.01. The molecule has 0 fully saturated rings. The summed E-state index contributed by atoms with van der Waals surface area (Å²) in [5, 5.41) is 0. The second-order valence-corrected chi connectivity index (χ2v) is 7.90. The van der Waals surface area contributed by atoms with Gasteiger partial charge in [0.15, 0.2) is 9.84 Å². The van der Waals surface area contributed by atoms with E-state index in [0.29, 0.717) is 6.54 Å². The molecule has 2 aromatic rings. The van der Waals surface area contributed by atoms with Crippen LogP contribution in [0.1, 0.15) is 11.1 Å². The van der Waals surface area contributed by atoms with E-state index in [9.17, 15) is 13.2 Å². The standard InChI is InChI=1S/C19H19NO3S/c21-19(20-13-12-17-10-4-5-11-18(17)20)15-24(22,23)14-6-9-16-7-2-1-3-8-16/h1-11H,12-15H2/b9-6+. The zero-order chi connectivity index (χ0) is 17.0. The molecule has 1 aliphatic rings. The van der Waals surface area contributed by atoms with Gasteiger partial charge < -0.3 is 4.90 Å². The van der Waals surface area contributed by atoms with Crippen LogP contribution in [0.4, 0.5) is 5.69 Å². The van der Waals surface area contributed by atoms with E-state index in [1.165, 1.54) is 0 Å². The number of hydrogen-bond donors (Lipinski definition) is 0. The molecule has 1 aliphatic heterocycles. The van der Waals surface area contributed by atoms with Gasteiger partial charge in [0.2, 0.25) is 5.91 Å². The van der Waals surface area contributed by atoms with Gasteiger partial charge in [-0.1, -0.05) is 60.7 Å². The summed E-state index contributed by atoms with van der Waals surface area (Å²) >= 11 is 0. The maximum Gasteiger partial charge on any atom is 0.242 e. The first-order valence-electron chi connectivity index (χ1n) is 7.85. The predicted molar refractivity (Wildman–Crippen MR) is 96.6 cm³/mol. The summed E-state index contributed by atoms with van der Waals surface area (Å²) in [6.45, 7) is 0.549. The van der Waals surface area contributed by atoms with E-state index in [1.807, 2.05) is 54.6 Å². The zero-order valence-electron chi connectivity index (χ0n) is 13.3. The van der Waals surface area contributed by atoms with Crippen LogP contribution in [0.2, 0.25) is 0 Å². The summed E-state index contributed by atoms with van der Waals surface area (Å²) in [6.07, 6.45) is 4.12. The molecule has 0 saturated heterocycles. The van der Waals surface area contributed by atoms with Crippen LogP contribution in [-0.2, 0) is 21.1 Å². The van der Waals surface area contributed by atoms with Crippen LogP contribution in [0.15, 0.2) is 60.7 Å². The van der Waals surface area contributed by atoms with Gasteiger partial charge in [-0.2, -0.15) is 0 Å². The second-order valence-electron chi connectivity index (χ2n) is 5.79. The topological polar surface area (TPSA) is 54.5 Å². The van der Waals surface area contributed by atoms with Gasteiger partial charge in [-0.15, -0.1) is 0 Å². The monoisotopic (exact) mass is 341 g/mol. The largest absolute Gasteiger partial charge is 0.311 e. The molecule has 5 heteroatoms. The number of amides is 1. The van der Waals surface area contributed by atoms with Crippen molar-refractivity contribution >= 4 is 27.5 Å². The smallest absolute Gasteiger partial charge is 0.242 e. The van der Waals surface area contributed by atoms with E-state index in [4.69, 9.17) is 0 Å². The molecule has 4 nitrogen and oxygen atoms in total. The molecule has 0 unspecified atom stereocenters. The van der Waals surface area contributed by atoms with Crippen LogP contribution in [-0.4, -0.2) is 32.4 Å². The fourth-order valence-corrected chi connectivity index (χ4v) is 3.86. The minimum atomic E-state index is -3.47. The molecule has 1 amide bonds. The van der Waals surface area contributed by atoms with Crippen molar-refractivity contribution in [3.8, 4) is 0 Å². The van der Waals surface area contributed by atoms with Crippen LogP contribution in [0.5, 0.6) is 0 Å². The molecule has 2 aromatic carbocycles. The molecule has 0 aromatic heterocycles. The average molecular weight is 341 g/mol. The van der Waals surface area contributed by atoms with Crippen molar-refractivity contribution in [1.82, 2.24) is 0 Å². The predicted octanol–water partition coefficient (Wildman–Crippen LogP) is 2.70. The van der Waals surface area contributed by atoms with Crippen LogP contribution in [0.25, 0.3) is 6.08 Å². The lowest BCUT2D eigenvalue weighted by molar-refractivity contribution is -0.116. The first kappa shape index (κ1) is 16.5. The summed E-state index contributed by atoms with van der Waals surface area (Å²) in [5.41, 5.74) is 2.86. The molecule has 0 N–H and O–H groups in total. The molecule has 0 spiro atoms. The summed E-state index contributed by atoms with van der Waals surface area (Å²) < 4.78 is 24.4. The van der Waals surface area contributed by atoms with Gasteiger partial charge in [0, 0.05) is 12.2 Å². The Kier molecular flexibility index (Phi) is 4.81. The summed E-state index contributed by atoms with van der Waals surface area (Å²) in [7, 11) is -3.47. The summed E-state index contributed by atoms with van der Waals surface area (Å²) in [4.78, 5) is 14.0. The number of carbonyl (C=O) groups excluding carboxylic acids is 1. The maximum absolute atomic E-state index is 12.4. The summed E-state index contributed by atoms with van der Waals surface area (Å²) in [5.74, 6) is -0.947. The Morgan fingerprint density at radius 2 is 1.75 bits per heavy atom. The summed E-state index contributed by atoms with van der Waals surface area (Å²) in [6, 6.07) is 17.1. The fraction of sp³-hybridized carbons (Fsp3) is 0.211. The number of rotatable bonds is 5. The Balaban J connectivity index is 1.63. The Labute approximate surface area is 142 Å². The molecule has 0 bridgehead atoms. The van der Waals surface area contributed by atoms with Gasteiger partial charge in [0.1, 0.15) is 5.75 Å². The highest BCUT2D eigenvalue weighted by Crippen LogP contribution is 2.27. The average Bonchev–Trinajstić information content (AvgIpc) is 2.99. The molecule has 1 heterocycles. The lowest BCUT2D eigenvalue weighted by Gasteiger charge is -2.17. The van der Waals surface area contributed by atoms with Crippen LogP contribution in [0.3, 0.4) is 0 Å². The molecule has 124 valence electrons. The highest BCUT2D eigenvalue weighted by Gasteiger charge is 2.27. The molecule has 0 atom stereocenters. The van der Waals surface area contributed by atoms with E-state index >= 15 is 0 Å². The SMILES string of the molecule is O=C(CS(=O)(=O)C/C=C/c1ccccc1)N1CCc2ccccc21. The molecular formula is C19H19NO3S. The molecule has 24 heavy (non-hydrogen) atoms. The molecule has 3 rings (SSSR count). The molecule has 0 aliphatic carbocycles. The maximum atomic E-state index is 12.4. The van der Waals surface area contributed by atoms with Crippen molar-refractivity contribution in [2.45, 2.75) is 6.42 Å². The molecular weight excluding hydrogens is 322 g/mol. The fourth-order valence-electron chi connectivity index (χ4n) is 2.82. The zero-order valence-corrected chi connectivity index (χ0v) is 14.1. The normalized spacial score (nSPS) is 14.1. The van der Waals surface area contributed by atoms with E-state index in [0.717, 1.165) is 23.2 Å². The molecule has 0 radical (unpaired) electrons. The van der Waals surface area contributed by atoms with E-state index < -0.39 is 15.6 Å². The van der Waals surface area contributed by atoms with Gasteiger partial charge in [-0.3, -0.25) is 4.79 Å². The van der Waals surface area contributed by atoms with Crippen molar-refractivity contribution < 1.29 is 13.2 Å². The van der Waals surface area contributed by atoms with Crippen molar-refractivity contribution in [3.05, 3.63) is 71.8 Å². The van der Waals surface area contributed by atoms with E-state index in [2.05, 4.69) is 0 Å². The van der Waals surface area contributed by atoms with Gasteiger partial charge in [0.05, 0.1) is 5.75 Å². The lowest BCUT2D eigenvalue weighted by Crippen LogP contribution is -2.34. The van der Waals surface area contributed by atoms with Crippen molar-refractivity contribution in [3.63, 3.8) is 0 Å². The third kappa shape index (κ3) is 3.92. The van der Waals surface area contributed by atoms with Crippen molar-refractivity contribution in [2.75, 3.05) is 23.0 Å². The Morgan fingerprint density at radius 1 is 1.04 bits per heavy atom. The van der Waals surface area contributed by atoms with Gasteiger partial charge in [-0.05, 0) is 23.6 Å². The van der Waals surface area contributed by atoms with Gasteiger partial charge in [0.25, 0.3) is 0 Å². The van der Waals surface area contributed by atoms with E-state index in [-0.39, 0.29) is 11.7 Å². The number of para-hydroxylation sites is 1.